The summed E-state index contributed by atoms with van der Waals surface area (Å²) < 4.78 is 11.8. The van der Waals surface area contributed by atoms with Gasteiger partial charge in [0.25, 0.3) is 0 Å². The minimum atomic E-state index is -0.562. The lowest BCUT2D eigenvalue weighted by atomic mass is 10.1. The molecule has 6 heteroatoms. The predicted octanol–water partition coefficient (Wildman–Crippen LogP) is 0.263. The van der Waals surface area contributed by atoms with Crippen molar-refractivity contribution in [1.82, 2.24) is 0 Å². The summed E-state index contributed by atoms with van der Waals surface area (Å²) in [4.78, 5) is 0. The van der Waals surface area contributed by atoms with E-state index in [0.29, 0.717) is 36.7 Å². The van der Waals surface area contributed by atoms with Crippen molar-refractivity contribution in [3.63, 3.8) is 0 Å². The van der Waals surface area contributed by atoms with Crippen molar-refractivity contribution in [3.05, 3.63) is 36.4 Å². The van der Waals surface area contributed by atoms with Gasteiger partial charge in [0.15, 0.2) is 11.5 Å². The normalized spacial score (nSPS) is 13.9. The van der Waals surface area contributed by atoms with Crippen LogP contribution in [0.2, 0.25) is 0 Å². The largest absolute Gasteiger partial charge is 0.487 e. The van der Waals surface area contributed by atoms with E-state index >= 15 is 0 Å². The lowest BCUT2D eigenvalue weighted by Crippen LogP contribution is -2.90. The van der Waals surface area contributed by atoms with Crippen molar-refractivity contribution >= 4 is 10.8 Å². The second kappa shape index (κ2) is 11.2. The summed E-state index contributed by atoms with van der Waals surface area (Å²) in [5, 5.41) is 26.6. The van der Waals surface area contributed by atoms with Crippen LogP contribution in [0.4, 0.5) is 0 Å². The molecular formula is C22H36N2O4+2. The van der Waals surface area contributed by atoms with Crippen molar-refractivity contribution in [2.45, 2.75) is 52.0 Å². The lowest BCUT2D eigenvalue weighted by Gasteiger charge is -2.18. The van der Waals surface area contributed by atoms with E-state index in [2.05, 4.69) is 38.3 Å². The first kappa shape index (κ1) is 22.4. The highest BCUT2D eigenvalue weighted by Gasteiger charge is 2.15. The molecule has 2 aromatic carbocycles. The monoisotopic (exact) mass is 392 g/mol. The molecule has 0 spiro atoms. The molecule has 0 bridgehead atoms. The van der Waals surface area contributed by atoms with Gasteiger partial charge < -0.3 is 30.3 Å². The number of hydrogen-bond donors (Lipinski definition) is 4. The zero-order valence-electron chi connectivity index (χ0n) is 17.5. The van der Waals surface area contributed by atoms with Gasteiger partial charge in [-0.1, -0.05) is 24.3 Å². The van der Waals surface area contributed by atoms with Gasteiger partial charge in [0.1, 0.15) is 38.5 Å². The van der Waals surface area contributed by atoms with Crippen LogP contribution >= 0.6 is 0 Å². The Labute approximate surface area is 167 Å². The number of quaternary nitrogens is 2. The summed E-state index contributed by atoms with van der Waals surface area (Å²) in [6.45, 7) is 9.92. The van der Waals surface area contributed by atoms with Crippen molar-refractivity contribution in [2.24, 2.45) is 0 Å². The summed E-state index contributed by atoms with van der Waals surface area (Å²) in [7, 11) is 0. The fourth-order valence-corrected chi connectivity index (χ4v) is 2.79. The highest BCUT2D eigenvalue weighted by Crippen LogP contribution is 2.32. The molecule has 2 rings (SSSR count). The Morgan fingerprint density at radius 3 is 1.50 bits per heavy atom. The zero-order valence-corrected chi connectivity index (χ0v) is 17.5. The van der Waals surface area contributed by atoms with Crippen LogP contribution < -0.4 is 20.1 Å². The second-order valence-corrected chi connectivity index (χ2v) is 8.01. The molecule has 0 saturated carbocycles. The third-order valence-electron chi connectivity index (χ3n) is 4.43. The van der Waals surface area contributed by atoms with Crippen LogP contribution in [0.5, 0.6) is 11.5 Å². The molecule has 156 valence electrons. The van der Waals surface area contributed by atoms with Gasteiger partial charge in [-0.25, -0.2) is 0 Å². The van der Waals surface area contributed by atoms with Crippen LogP contribution in [0.25, 0.3) is 10.8 Å². The highest BCUT2D eigenvalue weighted by atomic mass is 16.5. The minimum absolute atomic E-state index is 0.196. The fourth-order valence-electron chi connectivity index (χ4n) is 2.79. The van der Waals surface area contributed by atoms with Crippen LogP contribution in [0.15, 0.2) is 36.4 Å². The van der Waals surface area contributed by atoms with Crippen LogP contribution in [-0.4, -0.2) is 60.8 Å². The third kappa shape index (κ3) is 7.64. The van der Waals surface area contributed by atoms with Gasteiger partial charge in [0.05, 0.1) is 12.1 Å². The van der Waals surface area contributed by atoms with Crippen LogP contribution in [0.1, 0.15) is 27.7 Å². The molecule has 2 aromatic rings. The van der Waals surface area contributed by atoms with Crippen LogP contribution in [0.3, 0.4) is 0 Å². The lowest BCUT2D eigenvalue weighted by molar-refractivity contribution is -0.688. The number of aliphatic hydroxyl groups is 2. The highest BCUT2D eigenvalue weighted by molar-refractivity contribution is 5.86. The zero-order chi connectivity index (χ0) is 20.5. The average molecular weight is 393 g/mol. The molecule has 6 nitrogen and oxygen atoms in total. The molecule has 2 atom stereocenters. The van der Waals surface area contributed by atoms with Gasteiger partial charge in [-0.05, 0) is 50.6 Å². The molecule has 0 radical (unpaired) electrons. The van der Waals surface area contributed by atoms with Crippen molar-refractivity contribution in [1.29, 1.82) is 0 Å². The van der Waals surface area contributed by atoms with Gasteiger partial charge in [0, 0.05) is 0 Å². The van der Waals surface area contributed by atoms with E-state index in [1.807, 2.05) is 36.4 Å². The molecule has 0 unspecified atom stereocenters. The Balaban J connectivity index is 2.05. The Morgan fingerprint density at radius 2 is 1.14 bits per heavy atom. The number of fused-ring (bicyclic) bond motifs is 1. The first-order valence-corrected chi connectivity index (χ1v) is 10.2. The number of hydrogen-bond acceptors (Lipinski definition) is 4. The van der Waals surface area contributed by atoms with E-state index in [1.165, 1.54) is 0 Å². The Morgan fingerprint density at radius 1 is 0.750 bits per heavy atom. The summed E-state index contributed by atoms with van der Waals surface area (Å²) >= 11 is 0. The smallest absolute Gasteiger partial charge is 0.161 e. The summed E-state index contributed by atoms with van der Waals surface area (Å²) in [5.41, 5.74) is 0. The molecule has 0 aromatic heterocycles. The molecule has 0 saturated heterocycles. The maximum atomic E-state index is 10.2. The number of nitrogens with two attached hydrogens (primary N) is 2. The number of ether oxygens (including phenoxy) is 2. The minimum Gasteiger partial charge on any atom is -0.487 e. The molecule has 0 fully saturated rings. The van der Waals surface area contributed by atoms with E-state index in [1.54, 1.807) is 0 Å². The average Bonchev–Trinajstić information content (AvgIpc) is 2.67. The summed E-state index contributed by atoms with van der Waals surface area (Å²) in [5.74, 6) is 1.17. The van der Waals surface area contributed by atoms with E-state index in [0.717, 1.165) is 10.8 Å². The topological polar surface area (TPSA) is 92.1 Å². The van der Waals surface area contributed by atoms with E-state index in [-0.39, 0.29) is 13.2 Å². The molecule has 6 N–H and O–H groups in total. The van der Waals surface area contributed by atoms with Gasteiger partial charge in [-0.2, -0.15) is 0 Å². The van der Waals surface area contributed by atoms with E-state index in [4.69, 9.17) is 9.47 Å². The standard InChI is InChI=1S/C22H34N2O4/c1-15(2)23-11-19(25)13-27-21-9-17-7-5-6-8-18(17)10-22(21)28-14-20(26)12-24-16(3)4/h5-10,15-16,19-20,23-26H,11-14H2,1-4H3/p+2/t19-,20-/m0/s1. The predicted molar refractivity (Wildman–Crippen MR) is 111 cm³/mol. The molecular weight excluding hydrogens is 356 g/mol. The maximum Gasteiger partial charge on any atom is 0.161 e. The number of aliphatic hydroxyl groups excluding tert-OH is 2. The molecule has 0 heterocycles. The first-order chi connectivity index (χ1) is 13.3. The maximum absolute atomic E-state index is 10.2. The van der Waals surface area contributed by atoms with Gasteiger partial charge in [-0.15, -0.1) is 0 Å². The molecule has 0 amide bonds. The summed E-state index contributed by atoms with van der Waals surface area (Å²) in [6.07, 6.45) is -1.12. The molecule has 0 aliphatic rings. The van der Waals surface area contributed by atoms with Gasteiger partial charge >= 0.3 is 0 Å². The Bertz CT molecular complexity index is 660. The van der Waals surface area contributed by atoms with Crippen molar-refractivity contribution in [3.8, 4) is 11.5 Å². The summed E-state index contributed by atoms with van der Waals surface area (Å²) in [6, 6.07) is 12.7. The van der Waals surface area contributed by atoms with Crippen LogP contribution in [0, 0.1) is 0 Å². The SMILES string of the molecule is CC(C)[NH2+]C[C@H](O)COc1cc2ccccc2cc1OC[C@@H](O)C[NH2+]C(C)C. The fraction of sp³-hybridized carbons (Fsp3) is 0.545. The Kier molecular flexibility index (Phi) is 8.99. The van der Waals surface area contributed by atoms with Gasteiger partial charge in [-0.3, -0.25) is 0 Å². The van der Waals surface area contributed by atoms with Gasteiger partial charge in [0.2, 0.25) is 0 Å². The number of benzene rings is 2. The first-order valence-electron chi connectivity index (χ1n) is 10.2. The van der Waals surface area contributed by atoms with Crippen molar-refractivity contribution < 1.29 is 30.3 Å². The van der Waals surface area contributed by atoms with Crippen LogP contribution in [-0.2, 0) is 0 Å². The Hall–Kier alpha value is -1.86. The number of rotatable bonds is 12. The molecule has 0 aliphatic heterocycles. The molecule has 28 heavy (non-hydrogen) atoms. The quantitative estimate of drug-likeness (QED) is 0.417. The van der Waals surface area contributed by atoms with E-state index in [9.17, 15) is 10.2 Å². The third-order valence-corrected chi connectivity index (χ3v) is 4.43. The van der Waals surface area contributed by atoms with E-state index < -0.39 is 12.2 Å². The second-order valence-electron chi connectivity index (χ2n) is 8.01. The van der Waals surface area contributed by atoms with Crippen molar-refractivity contribution in [2.75, 3.05) is 26.3 Å². The molecule has 0 aliphatic carbocycles.